The summed E-state index contributed by atoms with van der Waals surface area (Å²) in [6.07, 6.45) is 1.41. The number of rotatable bonds is 2. The monoisotopic (exact) mass is 300 g/mol. The number of hydrogen-bond donors (Lipinski definition) is 0. The molecule has 1 aliphatic heterocycles. The van der Waals surface area contributed by atoms with E-state index in [9.17, 15) is 9.59 Å². The van der Waals surface area contributed by atoms with Gasteiger partial charge in [-0.25, -0.2) is 4.79 Å². The quantitative estimate of drug-likeness (QED) is 0.787. The molecule has 0 saturated carbocycles. The lowest BCUT2D eigenvalue weighted by Gasteiger charge is -2.27. The lowest BCUT2D eigenvalue weighted by atomic mass is 10.1. The van der Waals surface area contributed by atoms with E-state index in [1.54, 1.807) is 29.2 Å². The number of benzene rings is 1. The van der Waals surface area contributed by atoms with E-state index in [1.165, 1.54) is 0 Å². The highest BCUT2D eigenvalue weighted by Gasteiger charge is 2.37. The molecule has 2 rings (SSSR count). The van der Waals surface area contributed by atoms with Crippen LogP contribution in [0.4, 0.5) is 0 Å². The van der Waals surface area contributed by atoms with Crippen LogP contribution in [-0.4, -0.2) is 35.0 Å². The highest BCUT2D eigenvalue weighted by Crippen LogP contribution is 2.23. The summed E-state index contributed by atoms with van der Waals surface area (Å²) in [5.41, 5.74) is 0.416. The van der Waals surface area contributed by atoms with Crippen LogP contribution in [0.3, 0.4) is 0 Å². The zero-order valence-electron chi connectivity index (χ0n) is 13.1. The van der Waals surface area contributed by atoms with Gasteiger partial charge < -0.3 is 9.64 Å². The van der Waals surface area contributed by atoms with E-state index in [-0.39, 0.29) is 11.9 Å². The minimum absolute atomic E-state index is 0.196. The van der Waals surface area contributed by atoms with Crippen molar-refractivity contribution >= 4 is 11.9 Å². The molecule has 1 heterocycles. The molecular formula is C17H20N2O3. The lowest BCUT2D eigenvalue weighted by Crippen LogP contribution is -2.43. The van der Waals surface area contributed by atoms with Gasteiger partial charge in [-0.3, -0.25) is 4.79 Å². The summed E-state index contributed by atoms with van der Waals surface area (Å²) >= 11 is 0. The Hall–Kier alpha value is -2.35. The first-order valence-electron chi connectivity index (χ1n) is 7.36. The molecule has 1 amide bonds. The van der Waals surface area contributed by atoms with Gasteiger partial charge in [-0.2, -0.15) is 5.26 Å². The van der Waals surface area contributed by atoms with Crippen LogP contribution >= 0.6 is 0 Å². The predicted molar refractivity (Wildman–Crippen MR) is 81.1 cm³/mol. The molecule has 0 radical (unpaired) electrons. The summed E-state index contributed by atoms with van der Waals surface area (Å²) in [6, 6.07) is 7.93. The van der Waals surface area contributed by atoms with Crippen LogP contribution in [0.1, 0.15) is 49.5 Å². The van der Waals surface area contributed by atoms with Crippen LogP contribution in [-0.2, 0) is 9.53 Å². The van der Waals surface area contributed by atoms with Gasteiger partial charge in [0.25, 0.3) is 5.91 Å². The van der Waals surface area contributed by atoms with Crippen molar-refractivity contribution in [3.05, 3.63) is 35.4 Å². The number of ether oxygens (including phenoxy) is 1. The number of hydrogen-bond acceptors (Lipinski definition) is 4. The molecule has 5 heteroatoms. The molecule has 116 valence electrons. The smallest absolute Gasteiger partial charge is 0.329 e. The van der Waals surface area contributed by atoms with Gasteiger partial charge in [0.15, 0.2) is 0 Å². The van der Waals surface area contributed by atoms with Gasteiger partial charge in [-0.15, -0.1) is 0 Å². The van der Waals surface area contributed by atoms with Crippen LogP contribution in [0.25, 0.3) is 0 Å². The fraction of sp³-hybridized carbons (Fsp3) is 0.471. The van der Waals surface area contributed by atoms with Crippen molar-refractivity contribution in [2.75, 3.05) is 6.54 Å². The van der Waals surface area contributed by atoms with Gasteiger partial charge in [0.05, 0.1) is 11.6 Å². The fourth-order valence-electron chi connectivity index (χ4n) is 2.48. The summed E-state index contributed by atoms with van der Waals surface area (Å²) in [7, 11) is 0. The van der Waals surface area contributed by atoms with E-state index in [4.69, 9.17) is 10.00 Å². The van der Waals surface area contributed by atoms with Crippen molar-refractivity contribution in [2.45, 2.75) is 45.3 Å². The Morgan fingerprint density at radius 3 is 2.45 bits per heavy atom. The van der Waals surface area contributed by atoms with Gasteiger partial charge >= 0.3 is 5.97 Å². The van der Waals surface area contributed by atoms with E-state index in [1.807, 2.05) is 26.8 Å². The predicted octanol–water partition coefficient (Wildman–Crippen LogP) is 2.50. The first-order chi connectivity index (χ1) is 10.3. The third kappa shape index (κ3) is 3.64. The van der Waals surface area contributed by atoms with Crippen LogP contribution in [0.5, 0.6) is 0 Å². The van der Waals surface area contributed by atoms with Crippen molar-refractivity contribution in [3.63, 3.8) is 0 Å². The number of carbonyl (C=O) groups excluding carboxylic acids is 2. The maximum Gasteiger partial charge on any atom is 0.329 e. The largest absolute Gasteiger partial charge is 0.458 e. The standard InChI is InChI=1S/C17H20N2O3/c1-17(2,3)22-16(21)14-5-4-10-19(14)15(20)13-8-6-12(11-18)7-9-13/h6-9,14H,4-5,10H2,1-3H3/t14-/m0/s1. The van der Waals surface area contributed by atoms with Crippen molar-refractivity contribution in [1.29, 1.82) is 5.26 Å². The molecule has 0 spiro atoms. The summed E-state index contributed by atoms with van der Waals surface area (Å²) in [4.78, 5) is 26.4. The van der Waals surface area contributed by atoms with E-state index in [0.717, 1.165) is 6.42 Å². The number of likely N-dealkylation sites (tertiary alicyclic amines) is 1. The number of nitriles is 1. The first-order valence-corrected chi connectivity index (χ1v) is 7.36. The molecule has 1 fully saturated rings. The minimum Gasteiger partial charge on any atom is -0.458 e. The Balaban J connectivity index is 2.14. The molecule has 0 N–H and O–H groups in total. The molecule has 1 aromatic carbocycles. The Morgan fingerprint density at radius 2 is 1.91 bits per heavy atom. The zero-order valence-corrected chi connectivity index (χ0v) is 13.1. The summed E-state index contributed by atoms with van der Waals surface area (Å²) in [5, 5.41) is 8.80. The first kappa shape index (κ1) is 16.0. The number of nitrogens with zero attached hydrogens (tertiary/aromatic N) is 2. The van der Waals surface area contributed by atoms with Gasteiger partial charge in [0.2, 0.25) is 0 Å². The summed E-state index contributed by atoms with van der Waals surface area (Å²) in [5.74, 6) is -0.551. The SMILES string of the molecule is CC(C)(C)OC(=O)[C@@H]1CCCN1C(=O)c1ccc(C#N)cc1. The maximum atomic E-state index is 12.6. The number of carbonyl (C=O) groups is 2. The average Bonchev–Trinajstić information content (AvgIpc) is 2.94. The molecule has 5 nitrogen and oxygen atoms in total. The lowest BCUT2D eigenvalue weighted by molar-refractivity contribution is -0.159. The summed E-state index contributed by atoms with van der Waals surface area (Å²) in [6.45, 7) is 5.98. The third-order valence-corrected chi connectivity index (χ3v) is 3.45. The van der Waals surface area contributed by atoms with E-state index in [2.05, 4.69) is 0 Å². The third-order valence-electron chi connectivity index (χ3n) is 3.45. The Kier molecular flexibility index (Phi) is 4.51. The molecular weight excluding hydrogens is 280 g/mol. The molecule has 1 atom stereocenters. The molecule has 0 bridgehead atoms. The Bertz CT molecular complexity index is 608. The fourth-order valence-corrected chi connectivity index (χ4v) is 2.48. The van der Waals surface area contributed by atoms with E-state index < -0.39 is 11.6 Å². The number of amides is 1. The van der Waals surface area contributed by atoms with Crippen LogP contribution in [0.15, 0.2) is 24.3 Å². The maximum absolute atomic E-state index is 12.6. The second-order valence-corrected chi connectivity index (χ2v) is 6.38. The van der Waals surface area contributed by atoms with Crippen molar-refractivity contribution in [3.8, 4) is 6.07 Å². The summed E-state index contributed by atoms with van der Waals surface area (Å²) < 4.78 is 5.40. The second kappa shape index (κ2) is 6.18. The average molecular weight is 300 g/mol. The molecule has 1 aromatic rings. The second-order valence-electron chi connectivity index (χ2n) is 6.38. The Morgan fingerprint density at radius 1 is 1.27 bits per heavy atom. The van der Waals surface area contributed by atoms with E-state index >= 15 is 0 Å². The normalized spacial score (nSPS) is 17.9. The molecule has 0 aliphatic carbocycles. The zero-order chi connectivity index (χ0) is 16.3. The van der Waals surface area contributed by atoms with E-state index in [0.29, 0.717) is 24.1 Å². The van der Waals surface area contributed by atoms with Crippen LogP contribution < -0.4 is 0 Å². The van der Waals surface area contributed by atoms with Crippen LogP contribution in [0.2, 0.25) is 0 Å². The Labute approximate surface area is 130 Å². The van der Waals surface area contributed by atoms with Crippen LogP contribution in [0, 0.1) is 11.3 Å². The molecule has 22 heavy (non-hydrogen) atoms. The van der Waals surface area contributed by atoms with Crippen molar-refractivity contribution in [1.82, 2.24) is 4.90 Å². The highest BCUT2D eigenvalue weighted by molar-refractivity contribution is 5.97. The topological polar surface area (TPSA) is 70.4 Å². The van der Waals surface area contributed by atoms with Gasteiger partial charge in [0, 0.05) is 12.1 Å². The highest BCUT2D eigenvalue weighted by atomic mass is 16.6. The molecule has 0 unspecified atom stereocenters. The van der Waals surface area contributed by atoms with Crippen molar-refractivity contribution in [2.24, 2.45) is 0 Å². The minimum atomic E-state index is -0.567. The van der Waals surface area contributed by atoms with Gasteiger partial charge in [0.1, 0.15) is 11.6 Å². The molecule has 0 aromatic heterocycles. The molecule has 1 aliphatic rings. The number of esters is 1. The van der Waals surface area contributed by atoms with Gasteiger partial charge in [-0.1, -0.05) is 0 Å². The van der Waals surface area contributed by atoms with Gasteiger partial charge in [-0.05, 0) is 57.9 Å². The van der Waals surface area contributed by atoms with Crippen molar-refractivity contribution < 1.29 is 14.3 Å². The molecule has 1 saturated heterocycles.